The van der Waals surface area contributed by atoms with Crippen molar-refractivity contribution in [1.29, 1.82) is 0 Å². The maximum absolute atomic E-state index is 13.9. The van der Waals surface area contributed by atoms with Crippen molar-refractivity contribution in [3.05, 3.63) is 60.2 Å². The Labute approximate surface area is 190 Å². The fourth-order valence-corrected chi connectivity index (χ4v) is 4.61. The monoisotopic (exact) mass is 461 g/mol. The Bertz CT molecular complexity index is 991. The molecule has 1 saturated heterocycles. The van der Waals surface area contributed by atoms with E-state index in [0.717, 1.165) is 10.5 Å². The lowest BCUT2D eigenvalue weighted by atomic mass is 9.87. The van der Waals surface area contributed by atoms with Gasteiger partial charge < -0.3 is 10.4 Å². The van der Waals surface area contributed by atoms with Crippen LogP contribution in [0.1, 0.15) is 30.9 Å². The summed E-state index contributed by atoms with van der Waals surface area (Å²) < 4.78 is 41.6. The summed E-state index contributed by atoms with van der Waals surface area (Å²) in [6, 6.07) is 13.1. The van der Waals surface area contributed by atoms with Gasteiger partial charge in [-0.1, -0.05) is 42.5 Å². The minimum Gasteiger partial charge on any atom is -0.388 e. The average Bonchev–Trinajstić information content (AvgIpc) is 2.95. The number of amides is 2. The van der Waals surface area contributed by atoms with E-state index >= 15 is 0 Å². The van der Waals surface area contributed by atoms with Gasteiger partial charge in [-0.25, -0.2) is 0 Å². The molecule has 6 nitrogen and oxygen atoms in total. The SMILES string of the molecule is O=C1C[C@H](C(F)(F)F)N(C(=O)CN2CCC([C@H](O)c3ccccc3)CC2)c2ccccc2N1. The summed E-state index contributed by atoms with van der Waals surface area (Å²) in [6.07, 6.45) is -4.97. The fourth-order valence-electron chi connectivity index (χ4n) is 4.61. The number of rotatable bonds is 4. The molecule has 0 saturated carbocycles. The molecule has 33 heavy (non-hydrogen) atoms. The Morgan fingerprint density at radius 2 is 1.70 bits per heavy atom. The van der Waals surface area contributed by atoms with Gasteiger partial charge in [-0.3, -0.25) is 19.4 Å². The number of benzene rings is 2. The third-order valence-corrected chi connectivity index (χ3v) is 6.35. The highest BCUT2D eigenvalue weighted by molar-refractivity contribution is 6.05. The maximum Gasteiger partial charge on any atom is 0.409 e. The van der Waals surface area contributed by atoms with Crippen molar-refractivity contribution in [1.82, 2.24) is 4.90 Å². The van der Waals surface area contributed by atoms with Crippen LogP contribution in [-0.2, 0) is 9.59 Å². The second kappa shape index (κ2) is 9.52. The predicted octanol–water partition coefficient (Wildman–Crippen LogP) is 3.74. The highest BCUT2D eigenvalue weighted by atomic mass is 19.4. The Morgan fingerprint density at radius 1 is 1.06 bits per heavy atom. The molecule has 2 aromatic rings. The van der Waals surface area contributed by atoms with Gasteiger partial charge in [0, 0.05) is 0 Å². The van der Waals surface area contributed by atoms with Crippen LogP contribution in [0.3, 0.4) is 0 Å². The van der Waals surface area contributed by atoms with Crippen molar-refractivity contribution < 1.29 is 27.9 Å². The van der Waals surface area contributed by atoms with Crippen LogP contribution in [0.15, 0.2) is 54.6 Å². The van der Waals surface area contributed by atoms with E-state index in [1.54, 1.807) is 12.1 Å². The molecular weight excluding hydrogens is 435 g/mol. The molecule has 2 aromatic carbocycles. The van der Waals surface area contributed by atoms with Crippen molar-refractivity contribution in [2.24, 2.45) is 5.92 Å². The van der Waals surface area contributed by atoms with Crippen LogP contribution in [0.25, 0.3) is 0 Å². The lowest BCUT2D eigenvalue weighted by Crippen LogP contribution is -2.53. The molecule has 176 valence electrons. The summed E-state index contributed by atoms with van der Waals surface area (Å²) in [5.74, 6) is -1.47. The van der Waals surface area contributed by atoms with Crippen LogP contribution in [0.5, 0.6) is 0 Å². The Kier molecular flexibility index (Phi) is 6.71. The normalized spacial score (nSPS) is 21.2. The average molecular weight is 461 g/mol. The van der Waals surface area contributed by atoms with Gasteiger partial charge in [0.25, 0.3) is 0 Å². The van der Waals surface area contributed by atoms with E-state index in [4.69, 9.17) is 0 Å². The molecule has 2 heterocycles. The molecule has 0 aromatic heterocycles. The number of likely N-dealkylation sites (tertiary alicyclic amines) is 1. The first-order valence-electron chi connectivity index (χ1n) is 11.0. The van der Waals surface area contributed by atoms with Crippen molar-refractivity contribution >= 4 is 23.2 Å². The van der Waals surface area contributed by atoms with Crippen LogP contribution >= 0.6 is 0 Å². The van der Waals surface area contributed by atoms with Gasteiger partial charge in [0.05, 0.1) is 30.4 Å². The number of hydrogen-bond donors (Lipinski definition) is 2. The first-order valence-corrected chi connectivity index (χ1v) is 11.0. The number of aliphatic hydroxyl groups is 1. The predicted molar refractivity (Wildman–Crippen MR) is 118 cm³/mol. The third kappa shape index (κ3) is 5.20. The first-order chi connectivity index (χ1) is 15.7. The van der Waals surface area contributed by atoms with Crippen molar-refractivity contribution in [3.63, 3.8) is 0 Å². The molecule has 0 aliphatic carbocycles. The highest BCUT2D eigenvalue weighted by Gasteiger charge is 2.49. The number of alkyl halides is 3. The van der Waals surface area contributed by atoms with Gasteiger partial charge >= 0.3 is 6.18 Å². The molecule has 2 amide bonds. The van der Waals surface area contributed by atoms with Crippen LogP contribution < -0.4 is 10.2 Å². The smallest absolute Gasteiger partial charge is 0.388 e. The number of nitrogens with zero attached hydrogens (tertiary/aromatic N) is 2. The number of carbonyl (C=O) groups excluding carboxylic acids is 2. The molecule has 0 radical (unpaired) electrons. The van der Waals surface area contributed by atoms with Gasteiger partial charge in [0.2, 0.25) is 11.8 Å². The fraction of sp³-hybridized carbons (Fsp3) is 0.417. The van der Waals surface area contributed by atoms with Crippen molar-refractivity contribution in [2.45, 2.75) is 37.6 Å². The molecule has 2 aliphatic heterocycles. The molecule has 2 aliphatic rings. The van der Waals surface area contributed by atoms with Crippen molar-refractivity contribution in [3.8, 4) is 0 Å². The van der Waals surface area contributed by atoms with E-state index in [2.05, 4.69) is 5.32 Å². The lowest BCUT2D eigenvalue weighted by molar-refractivity contribution is -0.158. The second-order valence-corrected chi connectivity index (χ2v) is 8.56. The molecule has 2 atom stereocenters. The molecule has 2 N–H and O–H groups in total. The number of carbonyl (C=O) groups is 2. The number of nitrogens with one attached hydrogen (secondary N) is 1. The Balaban J connectivity index is 1.47. The van der Waals surface area contributed by atoms with Gasteiger partial charge in [0.15, 0.2) is 0 Å². The van der Waals surface area contributed by atoms with Gasteiger partial charge in [-0.2, -0.15) is 13.2 Å². The third-order valence-electron chi connectivity index (χ3n) is 6.35. The highest BCUT2D eigenvalue weighted by Crippen LogP contribution is 2.38. The molecule has 0 bridgehead atoms. The summed E-state index contributed by atoms with van der Waals surface area (Å²) in [5.41, 5.74) is 1.07. The summed E-state index contributed by atoms with van der Waals surface area (Å²) in [6.45, 7) is 0.788. The van der Waals surface area contributed by atoms with Crippen LogP contribution in [0, 0.1) is 5.92 Å². The van der Waals surface area contributed by atoms with Crippen LogP contribution in [0.2, 0.25) is 0 Å². The van der Waals surface area contributed by atoms with E-state index in [1.807, 2.05) is 35.2 Å². The van der Waals surface area contributed by atoms with Crippen LogP contribution in [0.4, 0.5) is 24.5 Å². The van der Waals surface area contributed by atoms with E-state index in [1.165, 1.54) is 12.1 Å². The molecule has 0 spiro atoms. The van der Waals surface area contributed by atoms with E-state index in [-0.39, 0.29) is 23.8 Å². The largest absolute Gasteiger partial charge is 0.409 e. The maximum atomic E-state index is 13.9. The molecule has 0 unspecified atom stereocenters. The summed E-state index contributed by atoms with van der Waals surface area (Å²) in [5, 5.41) is 13.1. The van der Waals surface area contributed by atoms with E-state index in [9.17, 15) is 27.9 Å². The Hall–Kier alpha value is -2.91. The standard InChI is InChI=1S/C24H26F3N3O3/c25-24(26,27)20-14-21(31)28-18-8-4-5-9-19(18)30(20)22(32)15-29-12-10-17(11-13-29)23(33)16-6-2-1-3-7-16/h1-9,17,20,23,33H,10-15H2,(H,28,31)/t20-,23-/m1/s1. The van der Waals surface area contributed by atoms with E-state index < -0.39 is 36.6 Å². The molecular formula is C24H26F3N3O3. The minimum atomic E-state index is -4.75. The number of halogens is 3. The van der Waals surface area contributed by atoms with Gasteiger partial charge in [0.1, 0.15) is 6.04 Å². The quantitative estimate of drug-likeness (QED) is 0.728. The number of hydrogen-bond acceptors (Lipinski definition) is 4. The number of piperidine rings is 1. The number of aliphatic hydroxyl groups excluding tert-OH is 1. The first kappa shape index (κ1) is 23.3. The Morgan fingerprint density at radius 3 is 2.36 bits per heavy atom. The minimum absolute atomic E-state index is 0.0161. The zero-order chi connectivity index (χ0) is 23.6. The summed E-state index contributed by atoms with van der Waals surface area (Å²) in [4.78, 5) is 27.8. The van der Waals surface area contributed by atoms with Gasteiger partial charge in [-0.05, 0) is 49.5 Å². The lowest BCUT2D eigenvalue weighted by Gasteiger charge is -2.37. The summed E-state index contributed by atoms with van der Waals surface area (Å²) in [7, 11) is 0. The molecule has 4 rings (SSSR count). The molecule has 9 heteroatoms. The number of fused-ring (bicyclic) bond motifs is 1. The summed E-state index contributed by atoms with van der Waals surface area (Å²) >= 11 is 0. The van der Waals surface area contributed by atoms with E-state index in [0.29, 0.717) is 25.9 Å². The number of anilines is 2. The zero-order valence-corrected chi connectivity index (χ0v) is 18.0. The topological polar surface area (TPSA) is 72.9 Å². The number of para-hydroxylation sites is 2. The van der Waals surface area contributed by atoms with Crippen molar-refractivity contribution in [2.75, 3.05) is 29.9 Å². The zero-order valence-electron chi connectivity index (χ0n) is 18.0. The van der Waals surface area contributed by atoms with Gasteiger partial charge in [-0.15, -0.1) is 0 Å². The molecule has 1 fully saturated rings. The van der Waals surface area contributed by atoms with Crippen LogP contribution in [-0.4, -0.2) is 53.7 Å². The second-order valence-electron chi connectivity index (χ2n) is 8.56.